The molecule has 0 aromatic heterocycles. The largest absolute Gasteiger partial charge is 0.497 e. The molecule has 1 saturated heterocycles. The first kappa shape index (κ1) is 22.0. The highest BCUT2D eigenvalue weighted by molar-refractivity contribution is 8.00. The van der Waals surface area contributed by atoms with Crippen molar-refractivity contribution in [2.24, 2.45) is 5.10 Å². The fraction of sp³-hybridized carbons (Fsp3) is 0.300. The minimum atomic E-state index is -3.66. The number of ether oxygens (including phenoxy) is 2. The number of benzene rings is 2. The molecule has 1 fully saturated rings. The zero-order chi connectivity index (χ0) is 21.6. The number of hydrogen-bond donors (Lipinski definition) is 1. The lowest BCUT2D eigenvalue weighted by molar-refractivity contribution is -0.119. The van der Waals surface area contributed by atoms with E-state index < -0.39 is 22.5 Å². The smallest absolute Gasteiger partial charge is 0.260 e. The third-order valence-corrected chi connectivity index (χ3v) is 6.60. The third kappa shape index (κ3) is 6.14. The summed E-state index contributed by atoms with van der Waals surface area (Å²) in [5.74, 6) is 2.84. The Morgan fingerprint density at radius 1 is 1.17 bits per heavy atom. The van der Waals surface area contributed by atoms with Crippen molar-refractivity contribution >= 4 is 39.6 Å². The van der Waals surface area contributed by atoms with Crippen LogP contribution in [0.5, 0.6) is 11.5 Å². The zero-order valence-corrected chi connectivity index (χ0v) is 18.3. The molecule has 1 amide bonds. The minimum Gasteiger partial charge on any atom is -0.497 e. The van der Waals surface area contributed by atoms with Crippen LogP contribution in [0, 0.1) is 0 Å². The molecule has 0 unspecified atom stereocenters. The number of sulfonamides is 1. The van der Waals surface area contributed by atoms with Gasteiger partial charge in [0.2, 0.25) is 10.0 Å². The van der Waals surface area contributed by atoms with Crippen molar-refractivity contribution < 1.29 is 22.7 Å². The Balaban J connectivity index is 1.56. The molecule has 30 heavy (non-hydrogen) atoms. The average Bonchev–Trinajstić information content (AvgIpc) is 2.69. The van der Waals surface area contributed by atoms with Crippen molar-refractivity contribution in [3.63, 3.8) is 0 Å². The van der Waals surface area contributed by atoms with Crippen LogP contribution in [0.2, 0.25) is 0 Å². The summed E-state index contributed by atoms with van der Waals surface area (Å²) in [6, 6.07) is 13.8. The summed E-state index contributed by atoms with van der Waals surface area (Å²) in [4.78, 5) is 12.2. The van der Waals surface area contributed by atoms with Crippen molar-refractivity contribution in [1.82, 2.24) is 5.43 Å². The molecule has 1 N–H and O–H groups in total. The lowest BCUT2D eigenvalue weighted by atomic mass is 10.2. The predicted molar refractivity (Wildman–Crippen MR) is 119 cm³/mol. The van der Waals surface area contributed by atoms with Gasteiger partial charge in [0, 0.05) is 11.5 Å². The Morgan fingerprint density at radius 3 is 2.33 bits per heavy atom. The Bertz CT molecular complexity index is 988. The van der Waals surface area contributed by atoms with Gasteiger partial charge in [-0.2, -0.15) is 16.9 Å². The number of hydrogen-bond acceptors (Lipinski definition) is 7. The highest BCUT2D eigenvalue weighted by Crippen LogP contribution is 2.24. The van der Waals surface area contributed by atoms with Crippen LogP contribution in [0.1, 0.15) is 5.56 Å². The average molecular weight is 450 g/mol. The molecule has 1 aliphatic heterocycles. The van der Waals surface area contributed by atoms with E-state index >= 15 is 0 Å². The van der Waals surface area contributed by atoms with Gasteiger partial charge in [-0.1, -0.05) is 0 Å². The summed E-state index contributed by atoms with van der Waals surface area (Å²) in [6.45, 7) is -0.394. The SMILES string of the molecule is COc1ccc(N(CC(=O)NN=Cc2ccc(OC3CSC3)cc2)S(C)(=O)=O)cc1. The molecule has 0 bridgehead atoms. The van der Waals surface area contributed by atoms with Crippen molar-refractivity contribution in [3.05, 3.63) is 54.1 Å². The van der Waals surface area contributed by atoms with E-state index in [-0.39, 0.29) is 6.10 Å². The van der Waals surface area contributed by atoms with Gasteiger partial charge in [-0.15, -0.1) is 0 Å². The Morgan fingerprint density at radius 2 is 1.80 bits per heavy atom. The third-order valence-electron chi connectivity index (χ3n) is 4.24. The number of rotatable bonds is 9. The molecule has 10 heteroatoms. The molecular weight excluding hydrogens is 426 g/mol. The van der Waals surface area contributed by atoms with Crippen LogP contribution >= 0.6 is 11.8 Å². The van der Waals surface area contributed by atoms with Gasteiger partial charge in [-0.05, 0) is 54.1 Å². The van der Waals surface area contributed by atoms with Crippen LogP contribution < -0.4 is 19.2 Å². The molecule has 2 aromatic carbocycles. The van der Waals surface area contributed by atoms with E-state index in [0.717, 1.165) is 33.4 Å². The molecule has 0 aliphatic carbocycles. The predicted octanol–water partition coefficient (Wildman–Crippen LogP) is 2.11. The van der Waals surface area contributed by atoms with Gasteiger partial charge in [0.05, 0.1) is 25.3 Å². The molecule has 8 nitrogen and oxygen atoms in total. The lowest BCUT2D eigenvalue weighted by Gasteiger charge is -2.25. The molecule has 0 spiro atoms. The van der Waals surface area contributed by atoms with E-state index in [0.29, 0.717) is 11.4 Å². The number of carbonyl (C=O) groups is 1. The highest BCUT2D eigenvalue weighted by Gasteiger charge is 2.21. The second-order valence-electron chi connectivity index (χ2n) is 6.61. The van der Waals surface area contributed by atoms with Crippen molar-refractivity contribution in [2.75, 3.05) is 35.7 Å². The maximum atomic E-state index is 12.2. The topological polar surface area (TPSA) is 97.3 Å². The molecule has 1 heterocycles. The number of amides is 1. The summed E-state index contributed by atoms with van der Waals surface area (Å²) in [5, 5.41) is 3.91. The lowest BCUT2D eigenvalue weighted by Crippen LogP contribution is -2.39. The summed E-state index contributed by atoms with van der Waals surface area (Å²) in [6.07, 6.45) is 2.80. The molecular formula is C20H23N3O5S2. The first-order valence-corrected chi connectivity index (χ1v) is 12.1. The summed E-state index contributed by atoms with van der Waals surface area (Å²) < 4.78 is 36.1. The number of nitrogens with one attached hydrogen (secondary N) is 1. The molecule has 1 aliphatic rings. The van der Waals surface area contributed by atoms with Crippen LogP contribution in [0.25, 0.3) is 0 Å². The Kier molecular flexibility index (Phi) is 7.22. The van der Waals surface area contributed by atoms with Crippen molar-refractivity contribution in [3.8, 4) is 11.5 Å². The van der Waals surface area contributed by atoms with E-state index in [1.54, 1.807) is 24.3 Å². The Labute approximate surface area is 180 Å². The number of thioether (sulfide) groups is 1. The van der Waals surface area contributed by atoms with E-state index in [1.807, 2.05) is 36.0 Å². The molecule has 2 aromatic rings. The van der Waals surface area contributed by atoms with Gasteiger partial charge in [0.1, 0.15) is 24.1 Å². The molecule has 0 radical (unpaired) electrons. The Hall–Kier alpha value is -2.72. The summed E-state index contributed by atoms with van der Waals surface area (Å²) in [5.41, 5.74) is 3.49. The van der Waals surface area contributed by atoms with Crippen LogP contribution in [-0.2, 0) is 14.8 Å². The standard InChI is InChI=1S/C20H23N3O5S2/c1-27-17-9-5-16(6-10-17)23(30(2,25)26)12-20(24)22-21-11-15-3-7-18(8-4-15)28-19-13-29-14-19/h3-11,19H,12-14H2,1-2H3,(H,22,24). The van der Waals surface area contributed by atoms with Gasteiger partial charge in [-0.3, -0.25) is 9.10 Å². The maximum absolute atomic E-state index is 12.2. The van der Waals surface area contributed by atoms with Crippen LogP contribution in [0.4, 0.5) is 5.69 Å². The van der Waals surface area contributed by atoms with E-state index in [1.165, 1.54) is 13.3 Å². The van der Waals surface area contributed by atoms with Gasteiger partial charge in [-0.25, -0.2) is 13.8 Å². The number of carbonyl (C=O) groups excluding carboxylic acids is 1. The van der Waals surface area contributed by atoms with Gasteiger partial charge in [0.25, 0.3) is 5.91 Å². The van der Waals surface area contributed by atoms with E-state index in [4.69, 9.17) is 9.47 Å². The maximum Gasteiger partial charge on any atom is 0.260 e. The number of hydrazone groups is 1. The number of methoxy groups -OCH3 is 1. The first-order valence-electron chi connectivity index (χ1n) is 9.13. The molecule has 0 saturated carbocycles. The highest BCUT2D eigenvalue weighted by atomic mass is 32.2. The summed E-state index contributed by atoms with van der Waals surface area (Å²) >= 11 is 1.85. The van der Waals surface area contributed by atoms with Crippen molar-refractivity contribution in [1.29, 1.82) is 0 Å². The molecule has 0 atom stereocenters. The first-order chi connectivity index (χ1) is 14.3. The van der Waals surface area contributed by atoms with Crippen LogP contribution in [0.3, 0.4) is 0 Å². The number of anilines is 1. The van der Waals surface area contributed by atoms with Crippen LogP contribution in [-0.4, -0.2) is 58.1 Å². The quantitative estimate of drug-likeness (QED) is 0.465. The zero-order valence-electron chi connectivity index (χ0n) is 16.6. The summed E-state index contributed by atoms with van der Waals surface area (Å²) in [7, 11) is -2.14. The number of nitrogens with zero attached hydrogens (tertiary/aromatic N) is 2. The van der Waals surface area contributed by atoms with Gasteiger partial charge >= 0.3 is 0 Å². The minimum absolute atomic E-state index is 0.275. The van der Waals surface area contributed by atoms with E-state index in [9.17, 15) is 13.2 Å². The normalized spacial score (nSPS) is 14.2. The fourth-order valence-corrected chi connectivity index (χ4v) is 4.02. The van der Waals surface area contributed by atoms with Gasteiger partial charge in [0.15, 0.2) is 0 Å². The van der Waals surface area contributed by atoms with Gasteiger partial charge < -0.3 is 9.47 Å². The molecule has 160 valence electrons. The second-order valence-corrected chi connectivity index (χ2v) is 9.59. The van der Waals surface area contributed by atoms with Crippen molar-refractivity contribution in [2.45, 2.75) is 6.10 Å². The molecule has 3 rings (SSSR count). The van der Waals surface area contributed by atoms with Crippen LogP contribution in [0.15, 0.2) is 53.6 Å². The fourth-order valence-electron chi connectivity index (χ4n) is 2.60. The second kappa shape index (κ2) is 9.86. The monoisotopic (exact) mass is 449 g/mol. The van der Waals surface area contributed by atoms with E-state index in [2.05, 4.69) is 10.5 Å².